The fraction of sp³-hybridized carbons (Fsp3) is 0.150. The molecule has 1 amide bonds. The van der Waals surface area contributed by atoms with Crippen LogP contribution in [0.4, 0.5) is 4.39 Å². The number of aromatic amines is 1. The molecule has 2 heterocycles. The van der Waals surface area contributed by atoms with Crippen LogP contribution in [0, 0.1) is 5.82 Å². The second-order valence-electron chi connectivity index (χ2n) is 6.13. The number of nitrogens with zero attached hydrogens (tertiary/aromatic N) is 1. The Bertz CT molecular complexity index is 975. The van der Waals surface area contributed by atoms with Crippen LogP contribution in [-0.2, 0) is 0 Å². The topological polar surface area (TPSA) is 36.1 Å². The second-order valence-corrected chi connectivity index (χ2v) is 6.57. The highest BCUT2D eigenvalue weighted by Gasteiger charge is 2.20. The van der Waals surface area contributed by atoms with Gasteiger partial charge in [-0.3, -0.25) is 4.79 Å². The monoisotopic (exact) mass is 354 g/mol. The molecular weight excluding hydrogens is 339 g/mol. The summed E-state index contributed by atoms with van der Waals surface area (Å²) in [6.07, 6.45) is 4.69. The summed E-state index contributed by atoms with van der Waals surface area (Å²) in [7, 11) is 0. The first kappa shape index (κ1) is 15.9. The Kier molecular flexibility index (Phi) is 4.06. The molecule has 0 unspecified atom stereocenters. The molecule has 4 rings (SSSR count). The average molecular weight is 355 g/mol. The molecule has 1 aromatic heterocycles. The number of nitrogens with one attached hydrogen (secondary N) is 1. The molecule has 25 heavy (non-hydrogen) atoms. The van der Waals surface area contributed by atoms with E-state index in [0.29, 0.717) is 23.7 Å². The number of aromatic nitrogens is 1. The lowest BCUT2D eigenvalue weighted by atomic mass is 9.98. The van der Waals surface area contributed by atoms with Gasteiger partial charge in [-0.05, 0) is 54.5 Å². The molecular formula is C20H16ClFN2O. The van der Waals surface area contributed by atoms with E-state index in [1.54, 1.807) is 36.4 Å². The largest absolute Gasteiger partial charge is 0.361 e. The van der Waals surface area contributed by atoms with Crippen LogP contribution in [0.15, 0.2) is 54.7 Å². The summed E-state index contributed by atoms with van der Waals surface area (Å²) < 4.78 is 13.5. The third-order valence-electron chi connectivity index (χ3n) is 4.58. The van der Waals surface area contributed by atoms with Crippen LogP contribution >= 0.6 is 11.6 Å². The van der Waals surface area contributed by atoms with Crippen molar-refractivity contribution < 1.29 is 9.18 Å². The van der Waals surface area contributed by atoms with E-state index in [4.69, 9.17) is 11.6 Å². The van der Waals surface area contributed by atoms with Crippen molar-refractivity contribution in [3.8, 4) is 0 Å². The summed E-state index contributed by atoms with van der Waals surface area (Å²) in [6, 6.07) is 11.7. The zero-order chi connectivity index (χ0) is 17.4. The van der Waals surface area contributed by atoms with Crippen LogP contribution in [-0.4, -0.2) is 28.9 Å². The van der Waals surface area contributed by atoms with Crippen LogP contribution in [0.25, 0.3) is 16.5 Å². The van der Waals surface area contributed by atoms with Gasteiger partial charge in [-0.1, -0.05) is 17.7 Å². The fourth-order valence-corrected chi connectivity index (χ4v) is 3.36. The van der Waals surface area contributed by atoms with E-state index in [9.17, 15) is 9.18 Å². The zero-order valence-corrected chi connectivity index (χ0v) is 14.2. The Hall–Kier alpha value is -2.59. The summed E-state index contributed by atoms with van der Waals surface area (Å²) in [5.74, 6) is -0.249. The van der Waals surface area contributed by atoms with E-state index >= 15 is 0 Å². The summed E-state index contributed by atoms with van der Waals surface area (Å²) in [5.41, 5.74) is 3.69. The Morgan fingerprint density at radius 2 is 1.96 bits per heavy atom. The summed E-state index contributed by atoms with van der Waals surface area (Å²) in [4.78, 5) is 17.5. The summed E-state index contributed by atoms with van der Waals surface area (Å²) >= 11 is 5.87. The molecule has 0 bridgehead atoms. The minimum Gasteiger partial charge on any atom is -0.361 e. The SMILES string of the molecule is O=C(c1ccc(Cl)cc1)N1CC=C(c2c[nH]c3ccc(F)cc23)CC1. The van der Waals surface area contributed by atoms with Crippen molar-refractivity contribution in [2.24, 2.45) is 0 Å². The van der Waals surface area contributed by atoms with Gasteiger partial charge in [-0.15, -0.1) is 0 Å². The molecule has 1 N–H and O–H groups in total. The fourth-order valence-electron chi connectivity index (χ4n) is 3.23. The van der Waals surface area contributed by atoms with E-state index in [2.05, 4.69) is 4.98 Å². The first-order valence-corrected chi connectivity index (χ1v) is 8.50. The molecule has 0 atom stereocenters. The lowest BCUT2D eigenvalue weighted by Crippen LogP contribution is -2.34. The molecule has 0 spiro atoms. The highest BCUT2D eigenvalue weighted by atomic mass is 35.5. The van der Waals surface area contributed by atoms with Crippen molar-refractivity contribution in [1.82, 2.24) is 9.88 Å². The van der Waals surface area contributed by atoms with Crippen molar-refractivity contribution >= 4 is 34.0 Å². The number of benzene rings is 2. The molecule has 5 heteroatoms. The molecule has 0 saturated heterocycles. The highest BCUT2D eigenvalue weighted by molar-refractivity contribution is 6.30. The molecule has 1 aliphatic heterocycles. The van der Waals surface area contributed by atoms with E-state index in [0.717, 1.165) is 28.5 Å². The van der Waals surface area contributed by atoms with E-state index in [1.165, 1.54) is 6.07 Å². The van der Waals surface area contributed by atoms with Crippen molar-refractivity contribution in [3.05, 3.63) is 76.7 Å². The van der Waals surface area contributed by atoms with Gasteiger partial charge < -0.3 is 9.88 Å². The van der Waals surface area contributed by atoms with Gasteiger partial charge in [-0.2, -0.15) is 0 Å². The maximum absolute atomic E-state index is 13.5. The van der Waals surface area contributed by atoms with Crippen LogP contribution in [0.1, 0.15) is 22.3 Å². The van der Waals surface area contributed by atoms with Gasteiger partial charge in [-0.25, -0.2) is 4.39 Å². The van der Waals surface area contributed by atoms with Gasteiger partial charge in [0.1, 0.15) is 5.82 Å². The Morgan fingerprint density at radius 1 is 1.16 bits per heavy atom. The van der Waals surface area contributed by atoms with E-state index in [1.807, 2.05) is 17.2 Å². The molecule has 0 radical (unpaired) electrons. The number of carbonyl (C=O) groups is 1. The minimum atomic E-state index is -0.246. The zero-order valence-electron chi connectivity index (χ0n) is 13.4. The van der Waals surface area contributed by atoms with Gasteiger partial charge in [0.05, 0.1) is 0 Å². The smallest absolute Gasteiger partial charge is 0.254 e. The number of H-pyrrole nitrogens is 1. The van der Waals surface area contributed by atoms with Gasteiger partial charge in [0, 0.05) is 46.3 Å². The number of halogens is 2. The molecule has 2 aromatic carbocycles. The number of rotatable bonds is 2. The quantitative estimate of drug-likeness (QED) is 0.698. The van der Waals surface area contributed by atoms with Gasteiger partial charge in [0.2, 0.25) is 0 Å². The van der Waals surface area contributed by atoms with Gasteiger partial charge in [0.25, 0.3) is 5.91 Å². The number of carbonyl (C=O) groups excluding carboxylic acids is 1. The number of amides is 1. The maximum Gasteiger partial charge on any atom is 0.254 e. The van der Waals surface area contributed by atoms with Crippen molar-refractivity contribution in [2.75, 3.05) is 13.1 Å². The van der Waals surface area contributed by atoms with Crippen LogP contribution < -0.4 is 0 Å². The van der Waals surface area contributed by atoms with Crippen molar-refractivity contribution in [3.63, 3.8) is 0 Å². The number of hydrogen-bond acceptors (Lipinski definition) is 1. The molecule has 3 aromatic rings. The third kappa shape index (κ3) is 3.05. The predicted molar refractivity (Wildman–Crippen MR) is 98.2 cm³/mol. The van der Waals surface area contributed by atoms with E-state index in [-0.39, 0.29) is 11.7 Å². The Balaban J connectivity index is 1.56. The molecule has 0 fully saturated rings. The Labute approximate surface area is 149 Å². The van der Waals surface area contributed by atoms with Gasteiger partial charge >= 0.3 is 0 Å². The normalized spacial score (nSPS) is 14.6. The second kappa shape index (κ2) is 6.37. The maximum atomic E-state index is 13.5. The minimum absolute atomic E-state index is 0.00284. The van der Waals surface area contributed by atoms with Crippen molar-refractivity contribution in [2.45, 2.75) is 6.42 Å². The summed E-state index contributed by atoms with van der Waals surface area (Å²) in [5, 5.41) is 1.49. The highest BCUT2D eigenvalue weighted by Crippen LogP contribution is 2.30. The third-order valence-corrected chi connectivity index (χ3v) is 4.83. The standard InChI is InChI=1S/C20H16ClFN2O/c21-15-3-1-14(2-4-15)20(25)24-9-7-13(8-10-24)18-12-23-19-6-5-16(22)11-17(18)19/h1-7,11-12,23H,8-10H2. The average Bonchev–Trinajstić information content (AvgIpc) is 3.05. The lowest BCUT2D eigenvalue weighted by Gasteiger charge is -2.26. The van der Waals surface area contributed by atoms with Gasteiger partial charge in [0.15, 0.2) is 0 Å². The first-order chi connectivity index (χ1) is 12.1. The Morgan fingerprint density at radius 3 is 2.68 bits per heavy atom. The van der Waals surface area contributed by atoms with Crippen molar-refractivity contribution in [1.29, 1.82) is 0 Å². The molecule has 126 valence electrons. The molecule has 3 nitrogen and oxygen atoms in total. The predicted octanol–water partition coefficient (Wildman–Crippen LogP) is 4.89. The summed E-state index contributed by atoms with van der Waals surface area (Å²) in [6.45, 7) is 1.17. The molecule has 0 saturated carbocycles. The van der Waals surface area contributed by atoms with Crippen LogP contribution in [0.3, 0.4) is 0 Å². The van der Waals surface area contributed by atoms with Crippen LogP contribution in [0.5, 0.6) is 0 Å². The number of fused-ring (bicyclic) bond motifs is 1. The number of hydrogen-bond donors (Lipinski definition) is 1. The van der Waals surface area contributed by atoms with Crippen LogP contribution in [0.2, 0.25) is 5.02 Å². The molecule has 1 aliphatic rings. The molecule has 0 aliphatic carbocycles. The van der Waals surface area contributed by atoms with E-state index < -0.39 is 0 Å². The first-order valence-electron chi connectivity index (χ1n) is 8.13. The lowest BCUT2D eigenvalue weighted by molar-refractivity contribution is 0.0773.